The zero-order chi connectivity index (χ0) is 16.2. The molecule has 0 bridgehead atoms. The summed E-state index contributed by atoms with van der Waals surface area (Å²) in [6, 6.07) is 5.33. The highest BCUT2D eigenvalue weighted by atomic mass is 35.5. The molecule has 0 radical (unpaired) electrons. The second-order valence-corrected chi connectivity index (χ2v) is 7.94. The molecule has 2 fully saturated rings. The van der Waals surface area contributed by atoms with E-state index in [4.69, 9.17) is 23.2 Å². The lowest BCUT2D eigenvalue weighted by molar-refractivity contribution is 0.171. The summed E-state index contributed by atoms with van der Waals surface area (Å²) in [5, 5.41) is 0.227. The van der Waals surface area contributed by atoms with Gasteiger partial charge in [-0.3, -0.25) is 0 Å². The first-order valence-electron chi connectivity index (χ1n) is 8.89. The molecule has 0 aromatic heterocycles. The summed E-state index contributed by atoms with van der Waals surface area (Å²) in [6.07, 6.45) is 12.4. The first kappa shape index (κ1) is 17.3. The minimum atomic E-state index is -0.281. The summed E-state index contributed by atoms with van der Waals surface area (Å²) in [5.74, 6) is 2.67. The molecule has 1 aromatic carbocycles. The molecule has 1 aromatic rings. The number of hydrogen-bond donors (Lipinski definition) is 0. The highest BCUT2D eigenvalue weighted by Gasteiger charge is 2.30. The quantitative estimate of drug-likeness (QED) is 0.533. The van der Waals surface area contributed by atoms with E-state index in [0.717, 1.165) is 17.4 Å². The van der Waals surface area contributed by atoms with Crippen LogP contribution in [0, 0.1) is 23.6 Å². The van der Waals surface area contributed by atoms with Gasteiger partial charge in [-0.2, -0.15) is 0 Å². The lowest BCUT2D eigenvalue weighted by Gasteiger charge is -2.37. The smallest absolute Gasteiger partial charge is 0.142 e. The minimum Gasteiger partial charge on any atom is -0.205 e. The Kier molecular flexibility index (Phi) is 6.04. The van der Waals surface area contributed by atoms with Crippen LogP contribution in [0.4, 0.5) is 4.39 Å². The Labute approximate surface area is 149 Å². The standard InChI is InChI=1S/C20H25Cl2F/c21-12-11-14-1-3-15(4-2-14)16-5-7-17(8-6-16)18-9-10-19(22)20(23)13-18/h9-17H,1-8H2/b12-11+/t14-,15-,16?,17?. The van der Waals surface area contributed by atoms with E-state index in [2.05, 4.69) is 6.08 Å². The maximum Gasteiger partial charge on any atom is 0.142 e. The second-order valence-electron chi connectivity index (χ2n) is 7.28. The summed E-state index contributed by atoms with van der Waals surface area (Å²) < 4.78 is 13.7. The van der Waals surface area contributed by atoms with Crippen molar-refractivity contribution in [1.82, 2.24) is 0 Å². The lowest BCUT2D eigenvalue weighted by atomic mass is 9.68. The monoisotopic (exact) mass is 354 g/mol. The molecule has 0 spiro atoms. The van der Waals surface area contributed by atoms with Gasteiger partial charge in [-0.05, 0) is 92.7 Å². The van der Waals surface area contributed by atoms with E-state index >= 15 is 0 Å². The third-order valence-corrected chi connectivity index (χ3v) is 6.47. The van der Waals surface area contributed by atoms with Crippen LogP contribution < -0.4 is 0 Å². The number of hydrogen-bond acceptors (Lipinski definition) is 0. The van der Waals surface area contributed by atoms with Gasteiger partial charge in [-0.15, -0.1) is 0 Å². The van der Waals surface area contributed by atoms with Crippen LogP contribution in [0.25, 0.3) is 0 Å². The van der Waals surface area contributed by atoms with Crippen molar-refractivity contribution in [3.8, 4) is 0 Å². The highest BCUT2D eigenvalue weighted by Crippen LogP contribution is 2.44. The van der Waals surface area contributed by atoms with Gasteiger partial charge in [0.2, 0.25) is 0 Å². The van der Waals surface area contributed by atoms with Crippen molar-refractivity contribution in [1.29, 1.82) is 0 Å². The molecule has 2 saturated carbocycles. The van der Waals surface area contributed by atoms with Crippen LogP contribution in [0.2, 0.25) is 5.02 Å². The molecule has 0 N–H and O–H groups in total. The molecule has 0 saturated heterocycles. The normalized spacial score (nSPS) is 32.3. The van der Waals surface area contributed by atoms with Crippen LogP contribution in [0.15, 0.2) is 29.8 Å². The number of allylic oxidation sites excluding steroid dienone is 1. The van der Waals surface area contributed by atoms with E-state index in [1.54, 1.807) is 17.7 Å². The van der Waals surface area contributed by atoms with Crippen LogP contribution in [0.5, 0.6) is 0 Å². The maximum atomic E-state index is 13.7. The molecule has 3 heteroatoms. The maximum absolute atomic E-state index is 13.7. The molecular formula is C20H25Cl2F. The first-order chi connectivity index (χ1) is 11.2. The third kappa shape index (κ3) is 4.31. The van der Waals surface area contributed by atoms with E-state index in [1.165, 1.54) is 51.4 Å². The molecule has 2 aliphatic carbocycles. The Morgan fingerprint density at radius 2 is 1.52 bits per heavy atom. The second kappa shape index (κ2) is 8.03. The molecular weight excluding hydrogens is 330 g/mol. The van der Waals surface area contributed by atoms with E-state index in [0.29, 0.717) is 11.8 Å². The van der Waals surface area contributed by atoms with Gasteiger partial charge >= 0.3 is 0 Å². The van der Waals surface area contributed by atoms with E-state index in [-0.39, 0.29) is 10.8 Å². The fraction of sp³-hybridized carbons (Fsp3) is 0.600. The minimum absolute atomic E-state index is 0.227. The number of rotatable bonds is 3. The largest absolute Gasteiger partial charge is 0.205 e. The molecule has 0 amide bonds. The predicted octanol–water partition coefficient (Wildman–Crippen LogP) is 7.31. The zero-order valence-corrected chi connectivity index (χ0v) is 15.0. The summed E-state index contributed by atoms with van der Waals surface area (Å²) >= 11 is 11.5. The summed E-state index contributed by atoms with van der Waals surface area (Å²) in [6.45, 7) is 0. The molecule has 2 aliphatic rings. The van der Waals surface area contributed by atoms with Crippen LogP contribution in [-0.4, -0.2) is 0 Å². The molecule has 0 atom stereocenters. The van der Waals surface area contributed by atoms with Crippen molar-refractivity contribution in [3.63, 3.8) is 0 Å². The van der Waals surface area contributed by atoms with Gasteiger partial charge < -0.3 is 0 Å². The van der Waals surface area contributed by atoms with Crippen molar-refractivity contribution in [2.75, 3.05) is 0 Å². The molecule has 0 nitrogen and oxygen atoms in total. The van der Waals surface area contributed by atoms with E-state index in [9.17, 15) is 4.39 Å². The van der Waals surface area contributed by atoms with Crippen molar-refractivity contribution in [3.05, 3.63) is 46.2 Å². The molecule has 0 heterocycles. The van der Waals surface area contributed by atoms with Crippen molar-refractivity contribution in [2.45, 2.75) is 57.3 Å². The van der Waals surface area contributed by atoms with Crippen LogP contribution in [0.1, 0.15) is 62.8 Å². The first-order valence-corrected chi connectivity index (χ1v) is 9.70. The predicted molar refractivity (Wildman–Crippen MR) is 96.6 cm³/mol. The topological polar surface area (TPSA) is 0 Å². The van der Waals surface area contributed by atoms with Gasteiger partial charge in [0.1, 0.15) is 5.82 Å². The molecule has 0 unspecified atom stereocenters. The Balaban J connectivity index is 1.51. The van der Waals surface area contributed by atoms with Gasteiger partial charge in [-0.25, -0.2) is 4.39 Å². The number of halogens is 3. The van der Waals surface area contributed by atoms with Gasteiger partial charge in [0, 0.05) is 5.54 Å². The van der Waals surface area contributed by atoms with Crippen molar-refractivity contribution >= 4 is 23.2 Å². The van der Waals surface area contributed by atoms with Gasteiger partial charge in [0.05, 0.1) is 5.02 Å². The van der Waals surface area contributed by atoms with Crippen LogP contribution >= 0.6 is 23.2 Å². The fourth-order valence-corrected chi connectivity index (χ4v) is 4.93. The molecule has 126 valence electrons. The SMILES string of the molecule is Fc1cc(C2CCC([C@H]3CC[C@H](/C=C/Cl)CC3)CC2)ccc1Cl. The fourth-order valence-electron chi connectivity index (χ4n) is 4.60. The summed E-state index contributed by atoms with van der Waals surface area (Å²) in [4.78, 5) is 0. The summed E-state index contributed by atoms with van der Waals surface area (Å²) in [5.41, 5.74) is 2.81. The Bertz CT molecular complexity index is 539. The number of benzene rings is 1. The summed E-state index contributed by atoms with van der Waals surface area (Å²) in [7, 11) is 0. The van der Waals surface area contributed by atoms with E-state index in [1.807, 2.05) is 6.07 Å². The highest BCUT2D eigenvalue weighted by molar-refractivity contribution is 6.30. The molecule has 3 rings (SSSR count). The van der Waals surface area contributed by atoms with Gasteiger partial charge in [0.15, 0.2) is 0 Å². The molecule has 23 heavy (non-hydrogen) atoms. The van der Waals surface area contributed by atoms with E-state index < -0.39 is 0 Å². The third-order valence-electron chi connectivity index (χ3n) is 6.01. The zero-order valence-electron chi connectivity index (χ0n) is 13.5. The Morgan fingerprint density at radius 1 is 0.913 bits per heavy atom. The van der Waals surface area contributed by atoms with Crippen molar-refractivity contribution in [2.24, 2.45) is 17.8 Å². The average Bonchev–Trinajstić information content (AvgIpc) is 2.59. The lowest BCUT2D eigenvalue weighted by Crippen LogP contribution is -2.25. The van der Waals surface area contributed by atoms with Crippen LogP contribution in [0.3, 0.4) is 0 Å². The molecule has 0 aliphatic heterocycles. The van der Waals surface area contributed by atoms with Crippen LogP contribution in [-0.2, 0) is 0 Å². The van der Waals surface area contributed by atoms with Gasteiger partial charge in [-0.1, -0.05) is 35.3 Å². The van der Waals surface area contributed by atoms with Crippen molar-refractivity contribution < 1.29 is 4.39 Å². The average molecular weight is 355 g/mol. The Morgan fingerprint density at radius 3 is 2.09 bits per heavy atom. The Hall–Kier alpha value is -0.530. The van der Waals surface area contributed by atoms with Gasteiger partial charge in [0.25, 0.3) is 0 Å².